The number of hydrogen-bond donors (Lipinski definition) is 0. The zero-order valence-electron chi connectivity index (χ0n) is 17.0. The number of hydrogen-bond acceptors (Lipinski definition) is 5. The first kappa shape index (κ1) is 21.3. The molecular formula is C20H35N3O2S. The van der Waals surface area contributed by atoms with Gasteiger partial charge in [0.05, 0.1) is 11.0 Å². The molecule has 1 aromatic rings. The van der Waals surface area contributed by atoms with Gasteiger partial charge in [0, 0.05) is 50.7 Å². The third-order valence-electron chi connectivity index (χ3n) is 5.68. The standard InChI is InChI=1S/C20H35N3O2S/c1-6-17(4)20-15-22(14-19-8-7-18(5)21-13-19)9-10-23(20)11-12-26(24,25)16(2)3/h7-8,13,16-17,20H,6,9-12,14-15H2,1-5H3/t17-,20+/m1/s1. The van der Waals surface area contributed by atoms with Gasteiger partial charge in [0.25, 0.3) is 0 Å². The molecule has 2 rings (SSSR count). The molecule has 1 aliphatic rings. The molecule has 2 heterocycles. The molecule has 0 aromatic carbocycles. The Labute approximate surface area is 159 Å². The normalized spacial score (nSPS) is 21.2. The van der Waals surface area contributed by atoms with Gasteiger partial charge in [0.2, 0.25) is 0 Å². The third-order valence-corrected chi connectivity index (χ3v) is 7.87. The SMILES string of the molecule is CC[C@@H](C)[C@@H]1CN(Cc2ccc(C)nc2)CCN1CCS(=O)(=O)C(C)C. The van der Waals surface area contributed by atoms with Crippen LogP contribution in [0.25, 0.3) is 0 Å². The van der Waals surface area contributed by atoms with Gasteiger partial charge >= 0.3 is 0 Å². The van der Waals surface area contributed by atoms with Crippen molar-refractivity contribution in [3.8, 4) is 0 Å². The summed E-state index contributed by atoms with van der Waals surface area (Å²) in [5.41, 5.74) is 2.29. The number of rotatable bonds is 8. The summed E-state index contributed by atoms with van der Waals surface area (Å²) >= 11 is 0. The van der Waals surface area contributed by atoms with Crippen LogP contribution in [-0.2, 0) is 16.4 Å². The quantitative estimate of drug-likeness (QED) is 0.693. The minimum atomic E-state index is -2.98. The second kappa shape index (κ2) is 9.29. The van der Waals surface area contributed by atoms with Crippen molar-refractivity contribution in [2.75, 3.05) is 31.9 Å². The van der Waals surface area contributed by atoms with Crippen molar-refractivity contribution in [2.24, 2.45) is 5.92 Å². The van der Waals surface area contributed by atoms with Crippen molar-refractivity contribution < 1.29 is 8.42 Å². The lowest BCUT2D eigenvalue weighted by atomic mass is 9.95. The van der Waals surface area contributed by atoms with E-state index in [1.807, 2.05) is 13.1 Å². The van der Waals surface area contributed by atoms with Crippen LogP contribution in [0.5, 0.6) is 0 Å². The van der Waals surface area contributed by atoms with E-state index >= 15 is 0 Å². The molecule has 5 nitrogen and oxygen atoms in total. The molecule has 0 radical (unpaired) electrons. The van der Waals surface area contributed by atoms with Crippen molar-refractivity contribution in [2.45, 2.75) is 58.9 Å². The molecule has 1 fully saturated rings. The Balaban J connectivity index is 2.00. The van der Waals surface area contributed by atoms with Crippen molar-refractivity contribution in [1.29, 1.82) is 0 Å². The molecule has 0 bridgehead atoms. The van der Waals surface area contributed by atoms with Crippen LogP contribution >= 0.6 is 0 Å². The first-order valence-corrected chi connectivity index (χ1v) is 11.5. The average Bonchev–Trinajstić information content (AvgIpc) is 2.61. The molecule has 0 saturated carbocycles. The fraction of sp³-hybridized carbons (Fsp3) is 0.750. The lowest BCUT2D eigenvalue weighted by Crippen LogP contribution is -2.56. The molecule has 0 N–H and O–H groups in total. The molecule has 0 unspecified atom stereocenters. The maximum atomic E-state index is 12.2. The smallest absolute Gasteiger partial charge is 0.153 e. The van der Waals surface area contributed by atoms with Crippen LogP contribution in [0.1, 0.15) is 45.4 Å². The second-order valence-corrected chi connectivity index (χ2v) is 10.6. The summed E-state index contributed by atoms with van der Waals surface area (Å²) in [5.74, 6) is 0.815. The zero-order valence-corrected chi connectivity index (χ0v) is 17.8. The van der Waals surface area contributed by atoms with Gasteiger partial charge in [-0.15, -0.1) is 0 Å². The van der Waals surface area contributed by atoms with E-state index < -0.39 is 9.84 Å². The molecule has 26 heavy (non-hydrogen) atoms. The van der Waals surface area contributed by atoms with Crippen LogP contribution in [0, 0.1) is 12.8 Å². The number of piperazine rings is 1. The van der Waals surface area contributed by atoms with E-state index in [2.05, 4.69) is 40.8 Å². The molecule has 148 valence electrons. The topological polar surface area (TPSA) is 53.5 Å². The van der Waals surface area contributed by atoms with Crippen LogP contribution in [-0.4, -0.2) is 66.4 Å². The Morgan fingerprint density at radius 2 is 1.96 bits per heavy atom. The number of nitrogens with zero attached hydrogens (tertiary/aromatic N) is 3. The van der Waals surface area contributed by atoms with E-state index in [0.717, 1.165) is 38.3 Å². The Morgan fingerprint density at radius 1 is 1.23 bits per heavy atom. The lowest BCUT2D eigenvalue weighted by molar-refractivity contribution is 0.0452. The molecule has 1 saturated heterocycles. The third kappa shape index (κ3) is 5.76. The number of sulfone groups is 1. The van der Waals surface area contributed by atoms with Crippen molar-refractivity contribution in [3.63, 3.8) is 0 Å². The molecular weight excluding hydrogens is 346 g/mol. The molecule has 2 atom stereocenters. The summed E-state index contributed by atoms with van der Waals surface area (Å²) in [6, 6.07) is 4.63. The molecule has 1 aliphatic heterocycles. The molecule has 1 aromatic heterocycles. The second-order valence-electron chi connectivity index (χ2n) is 7.95. The first-order valence-electron chi connectivity index (χ1n) is 9.82. The highest BCUT2D eigenvalue weighted by Crippen LogP contribution is 2.21. The van der Waals surface area contributed by atoms with E-state index in [1.165, 1.54) is 5.56 Å². The summed E-state index contributed by atoms with van der Waals surface area (Å²) in [7, 11) is -2.98. The highest BCUT2D eigenvalue weighted by Gasteiger charge is 2.31. The molecule has 0 spiro atoms. The van der Waals surface area contributed by atoms with Gasteiger partial charge in [-0.3, -0.25) is 14.8 Å². The fourth-order valence-electron chi connectivity index (χ4n) is 3.47. The monoisotopic (exact) mass is 381 g/mol. The molecule has 0 amide bonds. The Bertz CT molecular complexity index is 658. The number of pyridine rings is 1. The Hall–Kier alpha value is -0.980. The maximum absolute atomic E-state index is 12.2. The van der Waals surface area contributed by atoms with E-state index in [0.29, 0.717) is 18.5 Å². The van der Waals surface area contributed by atoms with E-state index in [9.17, 15) is 8.42 Å². The predicted molar refractivity (Wildman–Crippen MR) is 108 cm³/mol. The fourth-order valence-corrected chi connectivity index (χ4v) is 4.43. The van der Waals surface area contributed by atoms with Gasteiger partial charge in [0.1, 0.15) is 0 Å². The largest absolute Gasteiger partial charge is 0.297 e. The summed E-state index contributed by atoms with van der Waals surface area (Å²) < 4.78 is 24.4. The predicted octanol–water partition coefficient (Wildman–Crippen LogP) is 2.75. The van der Waals surface area contributed by atoms with Crippen molar-refractivity contribution in [3.05, 3.63) is 29.6 Å². The van der Waals surface area contributed by atoms with Gasteiger partial charge in [-0.1, -0.05) is 26.3 Å². The minimum absolute atomic E-state index is 0.263. The highest BCUT2D eigenvalue weighted by molar-refractivity contribution is 7.92. The van der Waals surface area contributed by atoms with E-state index in [-0.39, 0.29) is 11.0 Å². The Kier molecular flexibility index (Phi) is 7.62. The van der Waals surface area contributed by atoms with Crippen LogP contribution in [0.4, 0.5) is 0 Å². The van der Waals surface area contributed by atoms with Crippen LogP contribution in [0.15, 0.2) is 18.3 Å². The minimum Gasteiger partial charge on any atom is -0.297 e. The summed E-state index contributed by atoms with van der Waals surface area (Å²) in [4.78, 5) is 9.28. The average molecular weight is 382 g/mol. The van der Waals surface area contributed by atoms with Crippen LogP contribution in [0.2, 0.25) is 0 Å². The van der Waals surface area contributed by atoms with Gasteiger partial charge in [-0.2, -0.15) is 0 Å². The number of aryl methyl sites for hydroxylation is 1. The first-order chi connectivity index (χ1) is 12.2. The number of aromatic nitrogens is 1. The Morgan fingerprint density at radius 3 is 2.54 bits per heavy atom. The highest BCUT2D eigenvalue weighted by atomic mass is 32.2. The van der Waals surface area contributed by atoms with Crippen molar-refractivity contribution >= 4 is 9.84 Å². The summed E-state index contributed by atoms with van der Waals surface area (Å²) in [6.07, 6.45) is 3.08. The summed E-state index contributed by atoms with van der Waals surface area (Å²) in [6.45, 7) is 14.5. The van der Waals surface area contributed by atoms with Crippen LogP contribution < -0.4 is 0 Å². The maximum Gasteiger partial charge on any atom is 0.153 e. The zero-order chi connectivity index (χ0) is 19.3. The van der Waals surface area contributed by atoms with Gasteiger partial charge < -0.3 is 0 Å². The summed E-state index contributed by atoms with van der Waals surface area (Å²) in [5, 5.41) is -0.292. The lowest BCUT2D eigenvalue weighted by Gasteiger charge is -2.44. The van der Waals surface area contributed by atoms with Gasteiger partial charge in [0.15, 0.2) is 9.84 Å². The van der Waals surface area contributed by atoms with Gasteiger partial charge in [-0.05, 0) is 38.3 Å². The molecule has 0 aliphatic carbocycles. The van der Waals surface area contributed by atoms with Gasteiger partial charge in [-0.25, -0.2) is 8.42 Å². The van der Waals surface area contributed by atoms with E-state index in [4.69, 9.17) is 0 Å². The van der Waals surface area contributed by atoms with Crippen molar-refractivity contribution in [1.82, 2.24) is 14.8 Å². The van der Waals surface area contributed by atoms with E-state index in [1.54, 1.807) is 13.8 Å². The molecule has 6 heteroatoms. The van der Waals surface area contributed by atoms with Crippen LogP contribution in [0.3, 0.4) is 0 Å².